The largest absolute Gasteiger partial charge is 0.378 e. The number of anilines is 3. The maximum Gasteiger partial charge on any atom is 0.228 e. The van der Waals surface area contributed by atoms with Gasteiger partial charge in [0.2, 0.25) is 11.9 Å². The van der Waals surface area contributed by atoms with Crippen molar-refractivity contribution in [3.05, 3.63) is 18.0 Å². The van der Waals surface area contributed by atoms with E-state index in [1.165, 1.54) is 0 Å². The molecule has 10 nitrogen and oxygen atoms in total. The minimum absolute atomic E-state index is 0.0108. The van der Waals surface area contributed by atoms with Crippen molar-refractivity contribution in [3.63, 3.8) is 0 Å². The number of hydrogen-bond donors (Lipinski definition) is 1. The van der Waals surface area contributed by atoms with Crippen LogP contribution in [0.25, 0.3) is 11.3 Å². The van der Waals surface area contributed by atoms with Crippen LogP contribution in [-0.4, -0.2) is 88.6 Å². The molecule has 0 bridgehead atoms. The number of nitrogens with two attached hydrogens (primary N) is 1. The van der Waals surface area contributed by atoms with Crippen LogP contribution in [0.4, 0.5) is 17.7 Å². The SMILES string of the molecule is CC1(C=O)CC1N1CC(C)(N2CCc3c(-c4cnc(N)nc4)nc(N4CCOCC4)nc32)C1. The first kappa shape index (κ1) is 20.7. The predicted molar refractivity (Wildman–Crippen MR) is 124 cm³/mol. The van der Waals surface area contributed by atoms with Crippen molar-refractivity contribution in [2.24, 2.45) is 5.41 Å². The van der Waals surface area contributed by atoms with E-state index in [0.29, 0.717) is 19.3 Å². The summed E-state index contributed by atoms with van der Waals surface area (Å²) in [6, 6.07) is 0.377. The number of nitrogens with zero attached hydrogens (tertiary/aromatic N) is 7. The van der Waals surface area contributed by atoms with E-state index in [1.807, 2.05) is 0 Å². The van der Waals surface area contributed by atoms with Crippen LogP contribution in [0.15, 0.2) is 12.4 Å². The number of fused-ring (bicyclic) bond motifs is 1. The quantitative estimate of drug-likeness (QED) is 0.655. The molecular formula is C23H30N8O2. The van der Waals surface area contributed by atoms with Crippen LogP contribution in [0.2, 0.25) is 0 Å². The van der Waals surface area contributed by atoms with Crippen LogP contribution >= 0.6 is 0 Å². The van der Waals surface area contributed by atoms with E-state index in [0.717, 1.165) is 80.4 Å². The molecule has 1 saturated carbocycles. The van der Waals surface area contributed by atoms with E-state index < -0.39 is 0 Å². The summed E-state index contributed by atoms with van der Waals surface area (Å²) in [6.45, 7) is 10.0. The standard InChI is InChI=1S/C23H30N8O2/c1-22(14-32)9-17(22)30-12-23(2,13-30)31-4-3-16-18(15-10-25-20(24)26-11-15)27-21(28-19(16)31)29-5-7-33-8-6-29/h10-11,14,17H,3-9,12-13H2,1-2H3,(H2,24,25,26). The van der Waals surface area contributed by atoms with Crippen LogP contribution in [-0.2, 0) is 16.0 Å². The second-order valence-corrected chi connectivity index (χ2v) is 10.3. The first-order valence-corrected chi connectivity index (χ1v) is 11.7. The number of ether oxygens (including phenoxy) is 1. The third-order valence-electron chi connectivity index (χ3n) is 7.74. The van der Waals surface area contributed by atoms with Gasteiger partial charge in [0, 0.05) is 67.7 Å². The zero-order valence-electron chi connectivity index (χ0n) is 19.2. The van der Waals surface area contributed by atoms with Crippen LogP contribution < -0.4 is 15.5 Å². The molecule has 1 aliphatic carbocycles. The Kier molecular flexibility index (Phi) is 4.60. The molecule has 4 aliphatic rings. The van der Waals surface area contributed by atoms with Gasteiger partial charge in [-0.2, -0.15) is 4.98 Å². The van der Waals surface area contributed by atoms with E-state index in [9.17, 15) is 4.79 Å². The van der Waals surface area contributed by atoms with Gasteiger partial charge in [-0.3, -0.25) is 4.90 Å². The molecule has 2 aromatic heterocycles. The third-order valence-corrected chi connectivity index (χ3v) is 7.74. The summed E-state index contributed by atoms with van der Waals surface area (Å²) in [5.74, 6) is 1.99. The zero-order chi connectivity index (χ0) is 22.8. The lowest BCUT2D eigenvalue weighted by Gasteiger charge is -2.54. The molecule has 3 aliphatic heterocycles. The number of aromatic nitrogens is 4. The van der Waals surface area contributed by atoms with Crippen molar-refractivity contribution in [1.29, 1.82) is 0 Å². The summed E-state index contributed by atoms with van der Waals surface area (Å²) >= 11 is 0. The fourth-order valence-corrected chi connectivity index (χ4v) is 5.62. The Morgan fingerprint density at radius 2 is 1.85 bits per heavy atom. The Hall–Kier alpha value is -2.85. The van der Waals surface area contributed by atoms with Gasteiger partial charge in [-0.25, -0.2) is 15.0 Å². The van der Waals surface area contributed by atoms with Crippen molar-refractivity contribution in [1.82, 2.24) is 24.8 Å². The summed E-state index contributed by atoms with van der Waals surface area (Å²) < 4.78 is 5.54. The minimum atomic E-state index is -0.168. The Morgan fingerprint density at radius 1 is 1.12 bits per heavy atom. The van der Waals surface area contributed by atoms with Gasteiger partial charge in [-0.05, 0) is 19.8 Å². The van der Waals surface area contributed by atoms with Gasteiger partial charge < -0.3 is 25.1 Å². The summed E-state index contributed by atoms with van der Waals surface area (Å²) in [5.41, 5.74) is 8.44. The Balaban J connectivity index is 1.34. The number of likely N-dealkylation sites (tertiary alicyclic amines) is 1. The normalized spacial score (nSPS) is 28.4. The molecule has 2 aromatic rings. The number of morpholine rings is 1. The van der Waals surface area contributed by atoms with Crippen molar-refractivity contribution in [3.8, 4) is 11.3 Å². The number of hydrogen-bond acceptors (Lipinski definition) is 10. The van der Waals surface area contributed by atoms with Crippen LogP contribution in [0.1, 0.15) is 25.8 Å². The van der Waals surface area contributed by atoms with Crippen molar-refractivity contribution in [2.45, 2.75) is 38.3 Å². The summed E-state index contributed by atoms with van der Waals surface area (Å²) in [5, 5.41) is 0. The highest BCUT2D eigenvalue weighted by atomic mass is 16.5. The maximum absolute atomic E-state index is 11.4. The average Bonchev–Trinajstić information content (AvgIpc) is 3.30. The van der Waals surface area contributed by atoms with E-state index in [4.69, 9.17) is 20.4 Å². The lowest BCUT2D eigenvalue weighted by molar-refractivity contribution is -0.112. The third kappa shape index (κ3) is 3.34. The summed E-state index contributed by atoms with van der Waals surface area (Å²) in [6.07, 6.45) is 6.46. The monoisotopic (exact) mass is 450 g/mol. The Bertz CT molecular complexity index is 1080. The molecule has 2 N–H and O–H groups in total. The molecule has 3 fully saturated rings. The zero-order valence-corrected chi connectivity index (χ0v) is 19.2. The molecule has 2 unspecified atom stereocenters. The molecule has 0 spiro atoms. The second-order valence-electron chi connectivity index (χ2n) is 10.3. The molecule has 10 heteroatoms. The van der Waals surface area contributed by atoms with Crippen LogP contribution in [0.3, 0.4) is 0 Å². The van der Waals surface area contributed by atoms with Gasteiger partial charge in [0.25, 0.3) is 0 Å². The van der Waals surface area contributed by atoms with E-state index in [2.05, 4.69) is 38.5 Å². The molecule has 6 rings (SSSR count). The van der Waals surface area contributed by atoms with Crippen LogP contribution in [0.5, 0.6) is 0 Å². The molecule has 33 heavy (non-hydrogen) atoms. The highest BCUT2D eigenvalue weighted by Crippen LogP contribution is 2.51. The molecule has 0 aromatic carbocycles. The van der Waals surface area contributed by atoms with Gasteiger partial charge in [0.1, 0.15) is 12.1 Å². The topological polar surface area (TPSA) is 114 Å². The average molecular weight is 451 g/mol. The first-order chi connectivity index (χ1) is 15.9. The van der Waals surface area contributed by atoms with Crippen molar-refractivity contribution >= 4 is 24.0 Å². The maximum atomic E-state index is 11.4. The molecule has 2 saturated heterocycles. The van der Waals surface area contributed by atoms with E-state index >= 15 is 0 Å². The Morgan fingerprint density at radius 3 is 2.52 bits per heavy atom. The Labute approximate surface area is 193 Å². The molecule has 174 valence electrons. The minimum Gasteiger partial charge on any atom is -0.378 e. The number of aldehydes is 1. The molecule has 2 atom stereocenters. The van der Waals surface area contributed by atoms with Crippen molar-refractivity contribution < 1.29 is 9.53 Å². The summed E-state index contributed by atoms with van der Waals surface area (Å²) in [4.78, 5) is 37.0. The van der Waals surface area contributed by atoms with Gasteiger partial charge in [0.05, 0.1) is 24.4 Å². The smallest absolute Gasteiger partial charge is 0.228 e. The molecular weight excluding hydrogens is 420 g/mol. The highest BCUT2D eigenvalue weighted by Gasteiger charge is 2.59. The fraction of sp³-hybridized carbons (Fsp3) is 0.609. The number of nitrogen functional groups attached to an aromatic ring is 1. The second kappa shape index (κ2) is 7.33. The van der Waals surface area contributed by atoms with E-state index in [1.54, 1.807) is 12.4 Å². The van der Waals surface area contributed by atoms with Gasteiger partial charge in [-0.1, -0.05) is 6.92 Å². The summed E-state index contributed by atoms with van der Waals surface area (Å²) in [7, 11) is 0. The predicted octanol–water partition coefficient (Wildman–Crippen LogP) is 0.767. The lowest BCUT2D eigenvalue weighted by atomic mass is 9.89. The number of rotatable bonds is 5. The first-order valence-electron chi connectivity index (χ1n) is 11.7. The fourth-order valence-electron chi connectivity index (χ4n) is 5.62. The van der Waals surface area contributed by atoms with Gasteiger partial charge >= 0.3 is 0 Å². The molecule has 0 radical (unpaired) electrons. The molecule has 5 heterocycles. The lowest BCUT2D eigenvalue weighted by Crippen LogP contribution is -2.69. The van der Waals surface area contributed by atoms with Gasteiger partial charge in [0.15, 0.2) is 0 Å². The number of carbonyl (C=O) groups is 1. The van der Waals surface area contributed by atoms with Gasteiger partial charge in [-0.15, -0.1) is 0 Å². The highest BCUT2D eigenvalue weighted by molar-refractivity contribution is 5.73. The molecule has 0 amide bonds. The van der Waals surface area contributed by atoms with E-state index in [-0.39, 0.29) is 16.9 Å². The number of carbonyl (C=O) groups excluding carboxylic acids is 1. The van der Waals surface area contributed by atoms with Crippen LogP contribution in [0, 0.1) is 5.41 Å². The van der Waals surface area contributed by atoms with Crippen molar-refractivity contribution in [2.75, 3.05) is 61.5 Å².